The van der Waals surface area contributed by atoms with Crippen molar-refractivity contribution < 1.29 is 23.1 Å². The Morgan fingerprint density at radius 1 is 1.50 bits per heavy atom. The molecule has 0 amide bonds. The van der Waals surface area contributed by atoms with Gasteiger partial charge in [0.15, 0.2) is 5.70 Å². The molecule has 0 saturated carbocycles. The van der Waals surface area contributed by atoms with Crippen molar-refractivity contribution in [2.75, 3.05) is 0 Å². The number of nitrogens with one attached hydrogen (secondary N) is 1. The zero-order valence-corrected chi connectivity index (χ0v) is 7.56. The van der Waals surface area contributed by atoms with Crippen LogP contribution in [0.1, 0.15) is 0 Å². The van der Waals surface area contributed by atoms with Crippen LogP contribution < -0.4 is 5.43 Å². The van der Waals surface area contributed by atoms with Crippen molar-refractivity contribution in [3.8, 4) is 0 Å². The Kier molecular flexibility index (Phi) is 2.10. The molecule has 0 aromatic rings. The summed E-state index contributed by atoms with van der Waals surface area (Å²) >= 11 is 0. The second-order valence-corrected chi connectivity index (χ2v) is 2.97. The summed E-state index contributed by atoms with van der Waals surface area (Å²) in [6.07, 6.45) is -4.20. The highest BCUT2D eigenvalue weighted by atomic mass is 19.4. The van der Waals surface area contributed by atoms with Crippen molar-refractivity contribution in [1.29, 1.82) is 0 Å². The van der Waals surface area contributed by atoms with Gasteiger partial charge in [0.05, 0.1) is 0 Å². The van der Waals surface area contributed by atoms with Crippen LogP contribution in [-0.2, 0) is 4.79 Å². The summed E-state index contributed by atoms with van der Waals surface area (Å²) in [5.41, 5.74) is -0.0362. The Labute approximate surface area is 86.8 Å². The average Bonchev–Trinajstić information content (AvgIpc) is 2.61. The predicted molar refractivity (Wildman–Crippen MR) is 46.5 cm³/mol. The first-order valence-electron chi connectivity index (χ1n) is 4.06. The maximum absolute atomic E-state index is 12.7. The van der Waals surface area contributed by atoms with E-state index < -0.39 is 29.7 Å². The van der Waals surface area contributed by atoms with Crippen LogP contribution in [0.3, 0.4) is 0 Å². The van der Waals surface area contributed by atoms with Crippen molar-refractivity contribution in [3.05, 3.63) is 11.3 Å². The maximum atomic E-state index is 12.7. The minimum Gasteiger partial charge on any atom is -0.478 e. The Balaban J connectivity index is 2.51. The lowest BCUT2D eigenvalue weighted by Gasteiger charge is -2.29. The fraction of sp³-hybridized carbons (Fsp3) is 0.286. The molecule has 2 aliphatic rings. The fourth-order valence-electron chi connectivity index (χ4n) is 1.36. The lowest BCUT2D eigenvalue weighted by Crippen LogP contribution is -2.45. The minimum absolute atomic E-state index is 0.559. The zero-order valence-electron chi connectivity index (χ0n) is 7.56. The maximum Gasteiger partial charge on any atom is 0.433 e. The first kappa shape index (κ1) is 10.5. The van der Waals surface area contributed by atoms with Gasteiger partial charge in [-0.25, -0.2) is 19.8 Å². The molecule has 0 aromatic heterocycles. The molecule has 6 nitrogen and oxygen atoms in total. The van der Waals surface area contributed by atoms with Gasteiger partial charge in [0.2, 0.25) is 6.29 Å². The summed E-state index contributed by atoms with van der Waals surface area (Å²) < 4.78 is 38.0. The molecule has 0 radical (unpaired) electrons. The number of carboxylic acids is 1. The molecule has 2 N–H and O–H groups in total. The van der Waals surface area contributed by atoms with Crippen molar-refractivity contribution in [3.63, 3.8) is 0 Å². The van der Waals surface area contributed by atoms with E-state index in [9.17, 15) is 18.0 Å². The normalized spacial score (nSPS) is 23.4. The largest absolute Gasteiger partial charge is 0.478 e. The van der Waals surface area contributed by atoms with E-state index in [0.29, 0.717) is 11.2 Å². The second kappa shape index (κ2) is 3.22. The van der Waals surface area contributed by atoms with Gasteiger partial charge in [0.25, 0.3) is 0 Å². The molecular formula is C7H5F3N4O2. The number of fused-ring (bicyclic) bond motifs is 1. The number of allylic oxidation sites excluding steroid dienone is 1. The monoisotopic (exact) mass is 234 g/mol. The molecule has 2 rings (SSSR count). The van der Waals surface area contributed by atoms with Gasteiger partial charge in [-0.3, -0.25) is 5.43 Å². The van der Waals surface area contributed by atoms with E-state index >= 15 is 0 Å². The molecule has 0 aliphatic carbocycles. The molecule has 0 spiro atoms. The van der Waals surface area contributed by atoms with Crippen LogP contribution in [0, 0.1) is 0 Å². The van der Waals surface area contributed by atoms with Crippen molar-refractivity contribution in [2.45, 2.75) is 12.5 Å². The van der Waals surface area contributed by atoms with Crippen LogP contribution in [-0.4, -0.2) is 41.1 Å². The molecule has 0 bridgehead atoms. The summed E-state index contributed by atoms with van der Waals surface area (Å²) in [5.74, 6) is -1.69. The summed E-state index contributed by atoms with van der Waals surface area (Å²) in [4.78, 5) is 17.8. The van der Waals surface area contributed by atoms with E-state index in [2.05, 4.69) is 15.4 Å². The lowest BCUT2D eigenvalue weighted by molar-refractivity contribution is -0.136. The summed E-state index contributed by atoms with van der Waals surface area (Å²) in [6, 6.07) is 0. The number of rotatable bonds is 1. The van der Waals surface area contributed by atoms with E-state index in [1.165, 1.54) is 0 Å². The number of nitrogens with zero attached hydrogens (tertiary/aromatic N) is 3. The van der Waals surface area contributed by atoms with E-state index in [4.69, 9.17) is 5.11 Å². The molecule has 1 atom stereocenters. The van der Waals surface area contributed by atoms with E-state index in [1.807, 2.05) is 0 Å². The summed E-state index contributed by atoms with van der Waals surface area (Å²) in [7, 11) is 0. The number of hydrazine groups is 1. The SMILES string of the molecule is O=C(O)C1=C(C(F)(F)F)N2NC=NC2N=C1. The molecule has 0 fully saturated rings. The van der Waals surface area contributed by atoms with Crippen LogP contribution in [0.4, 0.5) is 13.2 Å². The number of aliphatic carboxylic acids is 1. The smallest absolute Gasteiger partial charge is 0.433 e. The number of hydrogen-bond acceptors (Lipinski definition) is 5. The third kappa shape index (κ3) is 1.49. The topological polar surface area (TPSA) is 77.3 Å². The molecule has 16 heavy (non-hydrogen) atoms. The average molecular weight is 234 g/mol. The molecular weight excluding hydrogens is 229 g/mol. The highest BCUT2D eigenvalue weighted by molar-refractivity contribution is 6.10. The van der Waals surface area contributed by atoms with Gasteiger partial charge in [-0.05, 0) is 0 Å². The first-order valence-corrected chi connectivity index (χ1v) is 4.06. The highest BCUT2D eigenvalue weighted by Gasteiger charge is 2.46. The van der Waals surface area contributed by atoms with Gasteiger partial charge in [-0.1, -0.05) is 0 Å². The molecule has 2 heterocycles. The first-order chi connectivity index (χ1) is 7.41. The third-order valence-electron chi connectivity index (χ3n) is 1.97. The van der Waals surface area contributed by atoms with Gasteiger partial charge >= 0.3 is 12.1 Å². The molecule has 0 aromatic carbocycles. The quantitative estimate of drug-likeness (QED) is 0.674. The van der Waals surface area contributed by atoms with Crippen molar-refractivity contribution in [1.82, 2.24) is 10.4 Å². The van der Waals surface area contributed by atoms with E-state index in [0.717, 1.165) is 6.34 Å². The standard InChI is InChI=1S/C7H5F3N4O2/c8-7(9,10)4-3(5(15)16)1-11-6-12-2-13-14(4)6/h1-2,6H,(H,12,13)(H,15,16). The fourth-order valence-corrected chi connectivity index (χ4v) is 1.36. The number of aliphatic imine (C=N–C) groups is 2. The van der Waals surface area contributed by atoms with Crippen LogP contribution >= 0.6 is 0 Å². The Morgan fingerprint density at radius 2 is 2.19 bits per heavy atom. The predicted octanol–water partition coefficient (Wildman–Crippen LogP) is 0.104. The molecule has 0 saturated heterocycles. The second-order valence-electron chi connectivity index (χ2n) is 2.97. The van der Waals surface area contributed by atoms with Gasteiger partial charge in [0.1, 0.15) is 11.9 Å². The van der Waals surface area contributed by atoms with Crippen molar-refractivity contribution >= 4 is 18.5 Å². The van der Waals surface area contributed by atoms with Crippen LogP contribution in [0.25, 0.3) is 0 Å². The van der Waals surface area contributed by atoms with Crippen LogP contribution in [0.2, 0.25) is 0 Å². The van der Waals surface area contributed by atoms with Gasteiger partial charge in [0, 0.05) is 6.21 Å². The molecule has 2 aliphatic heterocycles. The summed E-state index contributed by atoms with van der Waals surface area (Å²) in [6.45, 7) is 0. The Morgan fingerprint density at radius 3 is 2.75 bits per heavy atom. The van der Waals surface area contributed by atoms with Gasteiger partial charge in [-0.15, -0.1) is 0 Å². The van der Waals surface area contributed by atoms with Gasteiger partial charge < -0.3 is 5.11 Å². The number of halogens is 3. The van der Waals surface area contributed by atoms with E-state index in [1.54, 1.807) is 0 Å². The molecule has 86 valence electrons. The molecule has 9 heteroatoms. The number of alkyl halides is 3. The number of carbonyl (C=O) groups is 1. The number of hydrogen-bond donors (Lipinski definition) is 2. The van der Waals surface area contributed by atoms with E-state index in [-0.39, 0.29) is 0 Å². The number of carboxylic acid groups (broad SMARTS) is 1. The van der Waals surface area contributed by atoms with Crippen molar-refractivity contribution in [2.24, 2.45) is 9.98 Å². The van der Waals surface area contributed by atoms with Gasteiger partial charge in [-0.2, -0.15) is 13.2 Å². The summed E-state index contributed by atoms with van der Waals surface area (Å²) in [5, 5.41) is 9.21. The third-order valence-corrected chi connectivity index (χ3v) is 1.97. The lowest BCUT2D eigenvalue weighted by atomic mass is 10.2. The Bertz CT molecular complexity index is 426. The Hall–Kier alpha value is -2.06. The van der Waals surface area contributed by atoms with Crippen LogP contribution in [0.5, 0.6) is 0 Å². The highest BCUT2D eigenvalue weighted by Crippen LogP contribution is 2.34. The van der Waals surface area contributed by atoms with Crippen LogP contribution in [0.15, 0.2) is 21.3 Å². The minimum atomic E-state index is -4.79. The molecule has 1 unspecified atom stereocenters. The zero-order chi connectivity index (χ0) is 11.9.